The SMILES string of the molecule is COc1cc(CNCc2ccco2)cc(Br)c1OCc1ccc(Cl)cc1.[Cl-]. The first-order chi connectivity index (χ1) is 12.7. The average molecular weight is 472 g/mol. The van der Waals surface area contributed by atoms with Crippen molar-refractivity contribution >= 4 is 27.5 Å². The molecule has 0 saturated carbocycles. The molecule has 1 N–H and O–H groups in total. The molecule has 0 fully saturated rings. The monoisotopic (exact) mass is 470 g/mol. The highest BCUT2D eigenvalue weighted by Crippen LogP contribution is 2.37. The molecule has 0 atom stereocenters. The first-order valence-electron chi connectivity index (χ1n) is 8.12. The van der Waals surface area contributed by atoms with Crippen molar-refractivity contribution < 1.29 is 26.3 Å². The molecule has 0 unspecified atom stereocenters. The Hall–Kier alpha value is -1.66. The summed E-state index contributed by atoms with van der Waals surface area (Å²) in [7, 11) is 1.64. The van der Waals surface area contributed by atoms with Crippen molar-refractivity contribution in [3.05, 3.63) is 81.2 Å². The summed E-state index contributed by atoms with van der Waals surface area (Å²) in [5.41, 5.74) is 2.12. The summed E-state index contributed by atoms with van der Waals surface area (Å²) in [5.74, 6) is 2.26. The van der Waals surface area contributed by atoms with Crippen molar-refractivity contribution in [3.63, 3.8) is 0 Å². The molecule has 3 aromatic rings. The topological polar surface area (TPSA) is 43.6 Å². The summed E-state index contributed by atoms with van der Waals surface area (Å²) in [6, 6.07) is 15.4. The Morgan fingerprint density at radius 1 is 1.07 bits per heavy atom. The van der Waals surface area contributed by atoms with Crippen LogP contribution in [0, 0.1) is 0 Å². The Balaban J connectivity index is 0.00000261. The number of nitrogens with one attached hydrogen (secondary N) is 1. The van der Waals surface area contributed by atoms with Crippen molar-refractivity contribution in [2.45, 2.75) is 19.7 Å². The van der Waals surface area contributed by atoms with Gasteiger partial charge in [-0.05, 0) is 63.5 Å². The predicted octanol–water partition coefficient (Wildman–Crippen LogP) is 2.58. The lowest BCUT2D eigenvalue weighted by Crippen LogP contribution is -3.00. The second-order valence-electron chi connectivity index (χ2n) is 5.71. The quantitative estimate of drug-likeness (QED) is 0.548. The maximum absolute atomic E-state index is 5.95. The van der Waals surface area contributed by atoms with E-state index in [-0.39, 0.29) is 12.4 Å². The molecular formula is C20H19BrCl2NO3-. The zero-order chi connectivity index (χ0) is 18.4. The van der Waals surface area contributed by atoms with Crippen molar-refractivity contribution in [3.8, 4) is 11.5 Å². The van der Waals surface area contributed by atoms with Crippen LogP contribution >= 0.6 is 27.5 Å². The molecule has 144 valence electrons. The number of ether oxygens (including phenoxy) is 2. The zero-order valence-electron chi connectivity index (χ0n) is 14.7. The standard InChI is InChI=1S/C20H19BrClNO3.ClH/c1-24-19-10-15(11-23-12-17-3-2-8-25-17)9-18(21)20(19)26-13-14-4-6-16(22)7-5-14;/h2-10,23H,11-13H2,1H3;1H/p-1. The van der Waals surface area contributed by atoms with Gasteiger partial charge < -0.3 is 31.6 Å². The van der Waals surface area contributed by atoms with Gasteiger partial charge in [0.15, 0.2) is 11.5 Å². The van der Waals surface area contributed by atoms with E-state index in [4.69, 9.17) is 25.5 Å². The van der Waals surface area contributed by atoms with E-state index in [1.165, 1.54) is 0 Å². The van der Waals surface area contributed by atoms with Gasteiger partial charge >= 0.3 is 0 Å². The van der Waals surface area contributed by atoms with E-state index < -0.39 is 0 Å². The van der Waals surface area contributed by atoms with Crippen LogP contribution in [0.2, 0.25) is 5.02 Å². The largest absolute Gasteiger partial charge is 1.00 e. The van der Waals surface area contributed by atoms with Crippen LogP contribution in [0.4, 0.5) is 0 Å². The van der Waals surface area contributed by atoms with Gasteiger partial charge in [-0.25, -0.2) is 0 Å². The third-order valence-electron chi connectivity index (χ3n) is 3.79. The van der Waals surface area contributed by atoms with Gasteiger partial charge in [-0.2, -0.15) is 0 Å². The Kier molecular flexibility index (Phi) is 8.51. The molecule has 27 heavy (non-hydrogen) atoms. The van der Waals surface area contributed by atoms with Crippen molar-refractivity contribution in [2.24, 2.45) is 0 Å². The van der Waals surface area contributed by atoms with Crippen molar-refractivity contribution in [2.75, 3.05) is 7.11 Å². The fourth-order valence-corrected chi connectivity index (χ4v) is 3.22. The minimum Gasteiger partial charge on any atom is -1.00 e. The van der Waals surface area contributed by atoms with E-state index in [1.54, 1.807) is 13.4 Å². The summed E-state index contributed by atoms with van der Waals surface area (Å²) in [4.78, 5) is 0. The normalized spacial score (nSPS) is 10.3. The maximum atomic E-state index is 5.95. The summed E-state index contributed by atoms with van der Waals surface area (Å²) in [6.45, 7) is 1.79. The van der Waals surface area contributed by atoms with Gasteiger partial charge in [-0.15, -0.1) is 0 Å². The summed E-state index contributed by atoms with van der Waals surface area (Å²) in [5, 5.41) is 4.05. The minimum absolute atomic E-state index is 0. The van der Waals surface area contributed by atoms with E-state index >= 15 is 0 Å². The van der Waals surface area contributed by atoms with Gasteiger partial charge in [0.25, 0.3) is 0 Å². The number of hydrogen-bond acceptors (Lipinski definition) is 4. The highest BCUT2D eigenvalue weighted by Gasteiger charge is 2.12. The van der Waals surface area contributed by atoms with Crippen LogP contribution in [0.15, 0.2) is 63.7 Å². The van der Waals surface area contributed by atoms with Gasteiger partial charge in [-0.1, -0.05) is 23.7 Å². The average Bonchev–Trinajstić information content (AvgIpc) is 3.15. The van der Waals surface area contributed by atoms with E-state index in [0.29, 0.717) is 36.2 Å². The van der Waals surface area contributed by atoms with Crippen LogP contribution in [0.25, 0.3) is 0 Å². The highest BCUT2D eigenvalue weighted by molar-refractivity contribution is 9.10. The fourth-order valence-electron chi connectivity index (χ4n) is 2.49. The van der Waals surface area contributed by atoms with Crippen molar-refractivity contribution in [1.82, 2.24) is 5.32 Å². The van der Waals surface area contributed by atoms with E-state index in [1.807, 2.05) is 48.5 Å². The first kappa shape index (κ1) is 21.6. The van der Waals surface area contributed by atoms with Gasteiger partial charge in [0.1, 0.15) is 12.4 Å². The molecule has 0 aliphatic heterocycles. The fraction of sp³-hybridized carbons (Fsp3) is 0.200. The smallest absolute Gasteiger partial charge is 0.175 e. The van der Waals surface area contributed by atoms with Gasteiger partial charge in [0.2, 0.25) is 0 Å². The number of methoxy groups -OCH3 is 1. The predicted molar refractivity (Wildman–Crippen MR) is 106 cm³/mol. The van der Waals surface area contributed by atoms with Crippen LogP contribution in [0.5, 0.6) is 11.5 Å². The molecule has 0 aliphatic carbocycles. The Morgan fingerprint density at radius 2 is 1.85 bits per heavy atom. The molecule has 0 radical (unpaired) electrons. The van der Waals surface area contributed by atoms with Crippen LogP contribution in [-0.4, -0.2) is 7.11 Å². The second-order valence-corrected chi connectivity index (χ2v) is 7.00. The third-order valence-corrected chi connectivity index (χ3v) is 4.64. The summed E-state index contributed by atoms with van der Waals surface area (Å²) >= 11 is 9.50. The lowest BCUT2D eigenvalue weighted by Gasteiger charge is -2.15. The maximum Gasteiger partial charge on any atom is 0.175 e. The minimum atomic E-state index is 0. The Morgan fingerprint density at radius 3 is 2.52 bits per heavy atom. The Labute approximate surface area is 178 Å². The molecule has 0 spiro atoms. The molecule has 2 aromatic carbocycles. The molecule has 0 saturated heterocycles. The Bertz CT molecular complexity index is 839. The molecule has 0 amide bonds. The summed E-state index contributed by atoms with van der Waals surface area (Å²) in [6.07, 6.45) is 1.67. The van der Waals surface area contributed by atoms with E-state index in [2.05, 4.69) is 21.2 Å². The molecule has 4 nitrogen and oxygen atoms in total. The van der Waals surface area contributed by atoms with Crippen LogP contribution in [0.3, 0.4) is 0 Å². The molecule has 3 rings (SSSR count). The van der Waals surface area contributed by atoms with E-state index in [0.717, 1.165) is 21.4 Å². The lowest BCUT2D eigenvalue weighted by molar-refractivity contribution is -0.00000613. The molecule has 7 heteroatoms. The molecule has 1 heterocycles. The van der Waals surface area contributed by atoms with Crippen molar-refractivity contribution in [1.29, 1.82) is 0 Å². The molecule has 0 aliphatic rings. The second kappa shape index (κ2) is 10.6. The number of halogens is 3. The van der Waals surface area contributed by atoms with Crippen LogP contribution in [-0.2, 0) is 19.7 Å². The number of hydrogen-bond donors (Lipinski definition) is 1. The number of benzene rings is 2. The van der Waals surface area contributed by atoms with Gasteiger partial charge in [0, 0.05) is 11.6 Å². The third kappa shape index (κ3) is 6.18. The van der Waals surface area contributed by atoms with Crippen LogP contribution < -0.4 is 27.2 Å². The molecule has 1 aromatic heterocycles. The highest BCUT2D eigenvalue weighted by atomic mass is 79.9. The number of furan rings is 1. The van der Waals surface area contributed by atoms with Crippen LogP contribution in [0.1, 0.15) is 16.9 Å². The van der Waals surface area contributed by atoms with E-state index in [9.17, 15) is 0 Å². The number of rotatable bonds is 8. The molecule has 0 bridgehead atoms. The van der Waals surface area contributed by atoms with Gasteiger partial charge in [-0.3, -0.25) is 0 Å². The molecular weight excluding hydrogens is 453 g/mol. The lowest BCUT2D eigenvalue weighted by atomic mass is 10.2. The summed E-state index contributed by atoms with van der Waals surface area (Å²) < 4.78 is 17.6. The van der Waals surface area contributed by atoms with Gasteiger partial charge in [0.05, 0.1) is 24.4 Å². The zero-order valence-corrected chi connectivity index (χ0v) is 17.8. The first-order valence-corrected chi connectivity index (χ1v) is 9.29.